The Balaban J connectivity index is 0.000000185. The molecule has 0 atom stereocenters. The molecule has 0 saturated heterocycles. The number of rotatable bonds is 5. The van der Waals surface area contributed by atoms with E-state index in [9.17, 15) is 24.3 Å². The first-order valence-corrected chi connectivity index (χ1v) is 13.4. The number of para-hydroxylation sites is 2. The first kappa shape index (κ1) is 31.1. The summed E-state index contributed by atoms with van der Waals surface area (Å²) in [6, 6.07) is 25.2. The predicted octanol–water partition coefficient (Wildman–Crippen LogP) is 4.34. The summed E-state index contributed by atoms with van der Waals surface area (Å²) >= 11 is 0. The zero-order valence-corrected chi connectivity index (χ0v) is 24.2. The van der Waals surface area contributed by atoms with Crippen molar-refractivity contribution in [3.63, 3.8) is 0 Å². The molecule has 0 bridgehead atoms. The smallest absolute Gasteiger partial charge is 0.349 e. The molecule has 2 amide bonds. The molecule has 47 heavy (non-hydrogen) atoms. The summed E-state index contributed by atoms with van der Waals surface area (Å²) in [5, 5.41) is 33.1. The molecule has 0 radical (unpaired) electrons. The van der Waals surface area contributed by atoms with Crippen molar-refractivity contribution in [2.45, 2.75) is 0 Å². The number of nitriles is 2. The van der Waals surface area contributed by atoms with Crippen LogP contribution in [-0.4, -0.2) is 34.0 Å². The number of fused-ring (bicyclic) bond motifs is 2. The van der Waals surface area contributed by atoms with Gasteiger partial charge in [-0.3, -0.25) is 9.59 Å². The van der Waals surface area contributed by atoms with Crippen molar-refractivity contribution in [2.24, 2.45) is 0 Å². The van der Waals surface area contributed by atoms with Crippen LogP contribution in [0.1, 0.15) is 32.1 Å². The van der Waals surface area contributed by atoms with Crippen LogP contribution in [-0.2, 0) is 0 Å². The van der Waals surface area contributed by atoms with E-state index < -0.39 is 23.1 Å². The van der Waals surface area contributed by atoms with Crippen molar-refractivity contribution in [3.05, 3.63) is 128 Å². The molecule has 0 aliphatic carbocycles. The van der Waals surface area contributed by atoms with Gasteiger partial charge in [-0.05, 0) is 48.5 Å². The van der Waals surface area contributed by atoms with Crippen molar-refractivity contribution in [3.8, 4) is 23.6 Å². The van der Waals surface area contributed by atoms with E-state index in [1.807, 2.05) is 12.1 Å². The summed E-state index contributed by atoms with van der Waals surface area (Å²) in [7, 11) is 1.46. The van der Waals surface area contributed by atoms with E-state index in [0.717, 1.165) is 0 Å². The molecule has 0 saturated carbocycles. The van der Waals surface area contributed by atoms with Gasteiger partial charge in [0.2, 0.25) is 0 Å². The number of anilines is 2. The van der Waals surface area contributed by atoms with Crippen LogP contribution in [0.2, 0.25) is 0 Å². The molecule has 0 spiro atoms. The molecule has 14 nitrogen and oxygen atoms in total. The Kier molecular flexibility index (Phi) is 8.97. The van der Waals surface area contributed by atoms with Gasteiger partial charge < -0.3 is 29.3 Å². The van der Waals surface area contributed by atoms with E-state index in [4.69, 9.17) is 24.1 Å². The monoisotopic (exact) mass is 628 g/mol. The number of phenolic OH excluding ortho intramolecular Hbond substituents is 1. The van der Waals surface area contributed by atoms with Gasteiger partial charge in [0.25, 0.3) is 11.8 Å². The first-order chi connectivity index (χ1) is 22.7. The third kappa shape index (κ3) is 6.93. The number of hydrogen-bond acceptors (Lipinski definition) is 12. The lowest BCUT2D eigenvalue weighted by Crippen LogP contribution is -2.21. The van der Waals surface area contributed by atoms with Crippen molar-refractivity contribution < 1.29 is 28.3 Å². The van der Waals surface area contributed by atoms with E-state index in [1.165, 1.54) is 49.6 Å². The van der Waals surface area contributed by atoms with Crippen molar-refractivity contribution in [1.82, 2.24) is 9.97 Å². The number of pyridine rings is 2. The zero-order valence-electron chi connectivity index (χ0n) is 24.2. The van der Waals surface area contributed by atoms with Crippen LogP contribution in [0.5, 0.6) is 11.5 Å². The highest BCUT2D eigenvalue weighted by molar-refractivity contribution is 6.06. The molecule has 6 aromatic rings. The lowest BCUT2D eigenvalue weighted by molar-refractivity contribution is 0.101. The van der Waals surface area contributed by atoms with Gasteiger partial charge in [-0.1, -0.05) is 36.4 Å². The second kappa shape index (κ2) is 13.5. The molecule has 0 unspecified atom stereocenters. The maximum absolute atomic E-state index is 12.3. The molecule has 0 aliphatic rings. The number of methoxy groups -OCH3 is 1. The number of carbonyl (C=O) groups is 2. The molecule has 0 aliphatic heterocycles. The first-order valence-electron chi connectivity index (χ1n) is 13.4. The van der Waals surface area contributed by atoms with Gasteiger partial charge in [0.1, 0.15) is 46.3 Å². The van der Waals surface area contributed by atoms with Crippen LogP contribution in [0.15, 0.2) is 103 Å². The fourth-order valence-corrected chi connectivity index (χ4v) is 4.22. The lowest BCUT2D eigenvalue weighted by atomic mass is 10.1. The number of hydrogen-bond donors (Lipinski definition) is 3. The second-order valence-electron chi connectivity index (χ2n) is 9.42. The second-order valence-corrected chi connectivity index (χ2v) is 9.42. The molecule has 6 rings (SSSR count). The number of phenols is 1. The Morgan fingerprint density at radius 1 is 0.723 bits per heavy atom. The third-order valence-corrected chi connectivity index (χ3v) is 6.38. The summed E-state index contributed by atoms with van der Waals surface area (Å²) in [6.45, 7) is 0. The van der Waals surface area contributed by atoms with Gasteiger partial charge in [0.15, 0.2) is 22.7 Å². The summed E-state index contributed by atoms with van der Waals surface area (Å²) < 4.78 is 15.3. The van der Waals surface area contributed by atoms with Gasteiger partial charge in [0.05, 0.1) is 7.11 Å². The van der Waals surface area contributed by atoms with Gasteiger partial charge in [-0.2, -0.15) is 10.5 Å². The lowest BCUT2D eigenvalue weighted by Gasteiger charge is -2.06. The average molecular weight is 629 g/mol. The van der Waals surface area contributed by atoms with Crippen LogP contribution < -0.4 is 26.6 Å². The maximum Gasteiger partial charge on any atom is 0.349 e. The van der Waals surface area contributed by atoms with Crippen LogP contribution in [0.25, 0.3) is 21.9 Å². The SMILES string of the molecule is COc1cccc2cc(C(=O)Nc3cccc(C#N)n3)c(=O)oc12.N#Cc1cccc(NC(=O)c2cc3cccc(O)c3oc2=O)n1. The number of aromatic hydroxyl groups is 1. The summed E-state index contributed by atoms with van der Waals surface area (Å²) in [6.07, 6.45) is 0. The standard InChI is InChI=1S/C17H11N3O4.C16H9N3O4/c1-23-13-6-2-4-10-8-12(17(22)24-15(10)13)16(21)20-14-7-3-5-11(9-18)19-14;17-8-10-4-2-6-13(18-10)19-15(21)11-7-9-3-1-5-12(20)14(9)23-16(11)22/h2-8H,1H3,(H,19,20,21);1-7,20H,(H,18,19,21). The normalized spacial score (nSPS) is 10.2. The quantitative estimate of drug-likeness (QED) is 0.227. The van der Waals surface area contributed by atoms with Gasteiger partial charge in [0, 0.05) is 10.8 Å². The van der Waals surface area contributed by atoms with Crippen LogP contribution in [0.3, 0.4) is 0 Å². The molecule has 2 aromatic carbocycles. The highest BCUT2D eigenvalue weighted by Gasteiger charge is 2.17. The number of carbonyl (C=O) groups excluding carboxylic acids is 2. The Hall–Kier alpha value is -7.32. The Bertz CT molecular complexity index is 2390. The largest absolute Gasteiger partial charge is 0.504 e. The van der Waals surface area contributed by atoms with Gasteiger partial charge in [-0.15, -0.1) is 0 Å². The maximum atomic E-state index is 12.3. The van der Waals surface area contributed by atoms with E-state index in [1.54, 1.807) is 42.5 Å². The summed E-state index contributed by atoms with van der Waals surface area (Å²) in [5.74, 6) is -0.855. The minimum absolute atomic E-state index is 0.0126. The van der Waals surface area contributed by atoms with Crippen molar-refractivity contribution >= 4 is 45.4 Å². The number of benzene rings is 2. The van der Waals surface area contributed by atoms with Crippen LogP contribution in [0, 0.1) is 22.7 Å². The molecule has 230 valence electrons. The predicted molar refractivity (Wildman–Crippen MR) is 167 cm³/mol. The molecule has 4 heterocycles. The molecule has 3 N–H and O–H groups in total. The minimum Gasteiger partial charge on any atom is -0.504 e. The fourth-order valence-electron chi connectivity index (χ4n) is 4.22. The Labute approximate surface area is 263 Å². The fraction of sp³-hybridized carbons (Fsp3) is 0.0303. The van der Waals surface area contributed by atoms with Crippen molar-refractivity contribution in [1.29, 1.82) is 10.5 Å². The number of amides is 2. The number of nitrogens with zero attached hydrogens (tertiary/aromatic N) is 4. The van der Waals surface area contributed by atoms with E-state index in [-0.39, 0.29) is 51.1 Å². The van der Waals surface area contributed by atoms with Crippen molar-refractivity contribution in [2.75, 3.05) is 17.7 Å². The zero-order chi connectivity index (χ0) is 33.5. The molecule has 0 fully saturated rings. The summed E-state index contributed by atoms with van der Waals surface area (Å²) in [4.78, 5) is 56.4. The van der Waals surface area contributed by atoms with E-state index >= 15 is 0 Å². The number of aromatic nitrogens is 2. The highest BCUT2D eigenvalue weighted by Crippen LogP contribution is 2.25. The van der Waals surface area contributed by atoms with E-state index in [2.05, 4.69) is 20.6 Å². The molecular formula is C33H20N6O8. The highest BCUT2D eigenvalue weighted by atomic mass is 16.5. The number of nitrogens with one attached hydrogen (secondary N) is 2. The number of ether oxygens (including phenoxy) is 1. The molecule has 4 aromatic heterocycles. The Morgan fingerprint density at radius 3 is 1.70 bits per heavy atom. The van der Waals surface area contributed by atoms with Gasteiger partial charge in [-0.25, -0.2) is 19.6 Å². The van der Waals surface area contributed by atoms with Crippen LogP contribution in [0.4, 0.5) is 11.6 Å². The average Bonchev–Trinajstić information content (AvgIpc) is 3.08. The third-order valence-electron chi connectivity index (χ3n) is 6.38. The van der Waals surface area contributed by atoms with E-state index in [0.29, 0.717) is 16.5 Å². The molecule has 14 heteroatoms. The topological polar surface area (TPSA) is 221 Å². The Morgan fingerprint density at radius 2 is 1.19 bits per heavy atom. The molecular weight excluding hydrogens is 608 g/mol. The van der Waals surface area contributed by atoms with Gasteiger partial charge >= 0.3 is 11.3 Å². The van der Waals surface area contributed by atoms with Crippen LogP contribution >= 0.6 is 0 Å². The minimum atomic E-state index is -0.882. The summed E-state index contributed by atoms with van der Waals surface area (Å²) in [5.41, 5.74) is -1.49.